The summed E-state index contributed by atoms with van der Waals surface area (Å²) in [5, 5.41) is 12.8. The molecular weight excluding hydrogens is 264 g/mol. The Kier molecular flexibility index (Phi) is 4.21. The number of anilines is 1. The number of methoxy groups -OCH3 is 1. The lowest BCUT2D eigenvalue weighted by Crippen LogP contribution is -2.31. The molecule has 20 heavy (non-hydrogen) atoms. The summed E-state index contributed by atoms with van der Waals surface area (Å²) < 4.78 is 9.72. The first-order valence-corrected chi connectivity index (χ1v) is 6.08. The molecule has 1 aromatic rings. The number of esters is 1. The molecule has 0 aliphatic carbocycles. The van der Waals surface area contributed by atoms with Gasteiger partial charge in [0, 0.05) is 6.04 Å². The van der Waals surface area contributed by atoms with Gasteiger partial charge in [0.25, 0.3) is 5.91 Å². The fraction of sp³-hybridized carbons (Fsp3) is 0.385. The topological polar surface area (TPSA) is 111 Å². The number of benzene rings is 1. The van der Waals surface area contributed by atoms with Gasteiger partial charge in [-0.1, -0.05) is 6.07 Å². The second kappa shape index (κ2) is 5.89. The maximum atomic E-state index is 11.2. The predicted octanol–water partition coefficient (Wildman–Crippen LogP) is -0.0587. The van der Waals surface area contributed by atoms with E-state index in [1.807, 2.05) is 0 Å². The quantitative estimate of drug-likeness (QED) is 0.666. The van der Waals surface area contributed by atoms with Crippen LogP contribution in [-0.4, -0.2) is 36.7 Å². The summed E-state index contributed by atoms with van der Waals surface area (Å²) in [6.45, 7) is -0.0310. The van der Waals surface area contributed by atoms with Gasteiger partial charge in [-0.15, -0.1) is 0 Å². The summed E-state index contributed by atoms with van der Waals surface area (Å²) in [4.78, 5) is 22.4. The van der Waals surface area contributed by atoms with Crippen molar-refractivity contribution in [3.05, 3.63) is 23.8 Å². The molecule has 0 saturated carbocycles. The number of carbonyl (C=O) groups is 2. The summed E-state index contributed by atoms with van der Waals surface area (Å²) >= 11 is 0. The van der Waals surface area contributed by atoms with E-state index in [-0.39, 0.29) is 18.9 Å². The van der Waals surface area contributed by atoms with Crippen LogP contribution in [0.25, 0.3) is 0 Å². The van der Waals surface area contributed by atoms with Gasteiger partial charge in [-0.25, -0.2) is 0 Å². The molecule has 7 nitrogen and oxygen atoms in total. The number of rotatable bonds is 4. The first-order chi connectivity index (χ1) is 9.51. The molecule has 108 valence electrons. The van der Waals surface area contributed by atoms with Gasteiger partial charge in [0.05, 0.1) is 25.3 Å². The van der Waals surface area contributed by atoms with Crippen LogP contribution in [0.5, 0.6) is 5.75 Å². The molecule has 0 spiro atoms. The summed E-state index contributed by atoms with van der Waals surface area (Å²) in [5.74, 6) is -0.226. The molecular formula is C13H16N2O5. The van der Waals surface area contributed by atoms with Gasteiger partial charge in [0.2, 0.25) is 0 Å². The molecule has 1 amide bonds. The Morgan fingerprint density at radius 3 is 3.05 bits per heavy atom. The third-order valence-corrected chi connectivity index (χ3v) is 3.01. The highest BCUT2D eigenvalue weighted by atomic mass is 16.5. The maximum absolute atomic E-state index is 11.2. The van der Waals surface area contributed by atoms with Crippen molar-refractivity contribution >= 4 is 17.6 Å². The van der Waals surface area contributed by atoms with Gasteiger partial charge in [-0.3, -0.25) is 9.59 Å². The van der Waals surface area contributed by atoms with E-state index in [1.54, 1.807) is 18.2 Å². The molecule has 1 heterocycles. The van der Waals surface area contributed by atoms with Crippen molar-refractivity contribution in [2.45, 2.75) is 18.6 Å². The van der Waals surface area contributed by atoms with Crippen molar-refractivity contribution in [2.24, 2.45) is 5.73 Å². The van der Waals surface area contributed by atoms with Gasteiger partial charge in [-0.05, 0) is 17.7 Å². The smallest absolute Gasteiger partial charge is 0.307 e. The van der Waals surface area contributed by atoms with E-state index < -0.39 is 18.1 Å². The minimum atomic E-state index is -1.04. The van der Waals surface area contributed by atoms with Crippen LogP contribution < -0.4 is 15.8 Å². The maximum Gasteiger partial charge on any atom is 0.307 e. The molecule has 1 aliphatic heterocycles. The highest BCUT2D eigenvalue weighted by Crippen LogP contribution is 2.31. The predicted molar refractivity (Wildman–Crippen MR) is 70.1 cm³/mol. The van der Waals surface area contributed by atoms with Gasteiger partial charge >= 0.3 is 5.97 Å². The molecule has 2 rings (SSSR count). The number of aliphatic hydroxyl groups is 1. The summed E-state index contributed by atoms with van der Waals surface area (Å²) in [6, 6.07) is 4.06. The molecule has 7 heteroatoms. The highest BCUT2D eigenvalue weighted by molar-refractivity contribution is 5.95. The Balaban J connectivity index is 2.14. The number of amides is 1. The molecule has 1 aliphatic rings. The number of hydrogen-bond donors (Lipinski definition) is 3. The number of ether oxygens (including phenoxy) is 2. The Bertz CT molecular complexity index is 531. The highest BCUT2D eigenvalue weighted by Gasteiger charge is 2.23. The van der Waals surface area contributed by atoms with Gasteiger partial charge < -0.3 is 25.6 Å². The average Bonchev–Trinajstić information content (AvgIpc) is 2.45. The van der Waals surface area contributed by atoms with Gasteiger partial charge in [-0.2, -0.15) is 0 Å². The van der Waals surface area contributed by atoms with Crippen LogP contribution in [0, 0.1) is 0 Å². The van der Waals surface area contributed by atoms with Gasteiger partial charge in [0.15, 0.2) is 6.61 Å². The van der Waals surface area contributed by atoms with Crippen LogP contribution in [0.3, 0.4) is 0 Å². The third-order valence-electron chi connectivity index (χ3n) is 3.01. The van der Waals surface area contributed by atoms with Crippen LogP contribution in [0.15, 0.2) is 18.2 Å². The molecule has 4 N–H and O–H groups in total. The Hall–Kier alpha value is -2.12. The fourth-order valence-corrected chi connectivity index (χ4v) is 1.92. The molecule has 0 fully saturated rings. The van der Waals surface area contributed by atoms with Crippen LogP contribution in [-0.2, 0) is 14.3 Å². The van der Waals surface area contributed by atoms with E-state index in [1.165, 1.54) is 7.11 Å². The number of nitrogens with one attached hydrogen (secondary N) is 1. The normalized spacial score (nSPS) is 16.4. The third kappa shape index (κ3) is 3.06. The lowest BCUT2D eigenvalue weighted by molar-refractivity contribution is -0.141. The van der Waals surface area contributed by atoms with E-state index in [4.69, 9.17) is 10.5 Å². The largest absolute Gasteiger partial charge is 0.482 e. The van der Waals surface area contributed by atoms with Crippen LogP contribution in [0.4, 0.5) is 5.69 Å². The second-order valence-electron chi connectivity index (χ2n) is 4.48. The number of fused-ring (bicyclic) bond motifs is 1. The van der Waals surface area contributed by atoms with E-state index in [2.05, 4.69) is 10.1 Å². The minimum absolute atomic E-state index is 0.0310. The number of hydrogen-bond acceptors (Lipinski definition) is 6. The van der Waals surface area contributed by atoms with Crippen molar-refractivity contribution in [3.8, 4) is 5.75 Å². The van der Waals surface area contributed by atoms with Crippen molar-refractivity contribution in [3.63, 3.8) is 0 Å². The molecule has 0 saturated heterocycles. The number of aliphatic hydroxyl groups excluding tert-OH is 1. The molecule has 0 radical (unpaired) electrons. The van der Waals surface area contributed by atoms with Crippen LogP contribution >= 0.6 is 0 Å². The minimum Gasteiger partial charge on any atom is -0.482 e. The first-order valence-electron chi connectivity index (χ1n) is 6.08. The molecule has 0 aromatic heterocycles. The zero-order valence-corrected chi connectivity index (χ0v) is 11.0. The van der Waals surface area contributed by atoms with E-state index in [9.17, 15) is 14.7 Å². The standard InChI is InChI=1S/C13H16N2O5/c1-19-12(17)5-8(14)13(18)7-2-3-10-9(4-7)15-11(16)6-20-10/h2-4,8,13,18H,5-6,14H2,1H3,(H,15,16). The van der Waals surface area contributed by atoms with E-state index >= 15 is 0 Å². The Morgan fingerprint density at radius 1 is 1.60 bits per heavy atom. The first kappa shape index (κ1) is 14.3. The van der Waals surface area contributed by atoms with Crippen molar-refractivity contribution in [2.75, 3.05) is 19.0 Å². The van der Waals surface area contributed by atoms with Crippen LogP contribution in [0.2, 0.25) is 0 Å². The number of nitrogens with two attached hydrogens (primary N) is 1. The zero-order valence-electron chi connectivity index (χ0n) is 11.0. The summed E-state index contributed by atoms with van der Waals surface area (Å²) in [6.07, 6.45) is -1.14. The van der Waals surface area contributed by atoms with Crippen molar-refractivity contribution in [1.82, 2.24) is 0 Å². The SMILES string of the molecule is COC(=O)CC(N)C(O)c1ccc2c(c1)NC(=O)CO2. The number of carbonyl (C=O) groups excluding carboxylic acids is 2. The lowest BCUT2D eigenvalue weighted by Gasteiger charge is -2.22. The second-order valence-corrected chi connectivity index (χ2v) is 4.48. The van der Waals surface area contributed by atoms with Gasteiger partial charge in [0.1, 0.15) is 5.75 Å². The van der Waals surface area contributed by atoms with Crippen molar-refractivity contribution in [1.29, 1.82) is 0 Å². The Morgan fingerprint density at radius 2 is 2.35 bits per heavy atom. The molecule has 0 bridgehead atoms. The Labute approximate surface area is 115 Å². The van der Waals surface area contributed by atoms with Crippen LogP contribution in [0.1, 0.15) is 18.1 Å². The van der Waals surface area contributed by atoms with E-state index in [0.29, 0.717) is 17.0 Å². The average molecular weight is 280 g/mol. The summed E-state index contributed by atoms with van der Waals surface area (Å²) in [7, 11) is 1.26. The summed E-state index contributed by atoms with van der Waals surface area (Å²) in [5.41, 5.74) is 6.73. The monoisotopic (exact) mass is 280 g/mol. The molecule has 1 aromatic carbocycles. The van der Waals surface area contributed by atoms with Crippen molar-refractivity contribution < 1.29 is 24.2 Å². The van der Waals surface area contributed by atoms with E-state index in [0.717, 1.165) is 0 Å². The molecule has 2 unspecified atom stereocenters. The zero-order chi connectivity index (χ0) is 14.7. The lowest BCUT2D eigenvalue weighted by atomic mass is 9.99. The fourth-order valence-electron chi connectivity index (χ4n) is 1.92. The molecule has 2 atom stereocenters.